The molecule has 1 aromatic rings. The molecule has 0 saturated heterocycles. The molecule has 0 N–H and O–H groups in total. The highest BCUT2D eigenvalue weighted by molar-refractivity contribution is 5.99. The van der Waals surface area contributed by atoms with Crippen LogP contribution in [0.25, 0.3) is 0 Å². The number of hydrogen-bond donors (Lipinski definition) is 0. The Morgan fingerprint density at radius 2 is 2.00 bits per heavy atom. The predicted molar refractivity (Wildman–Crippen MR) is 63.6 cm³/mol. The molecule has 0 amide bonds. The Balaban J connectivity index is 3.01. The Bertz CT molecular complexity index is 380. The Morgan fingerprint density at radius 1 is 1.38 bits per heavy atom. The van der Waals surface area contributed by atoms with Gasteiger partial charge >= 0.3 is 0 Å². The number of carbonyl (C=O) groups excluding carboxylic acids is 1. The quantitative estimate of drug-likeness (QED) is 0.736. The minimum Gasteiger partial charge on any atom is -0.373 e. The smallest absolute Gasteiger partial charge is 0.193 e. The molecule has 1 atom stereocenters. The fourth-order valence-corrected chi connectivity index (χ4v) is 1.69. The van der Waals surface area contributed by atoms with E-state index in [1.54, 1.807) is 19.5 Å². The summed E-state index contributed by atoms with van der Waals surface area (Å²) in [5.41, 5.74) is 1.38. The van der Waals surface area contributed by atoms with Gasteiger partial charge < -0.3 is 4.74 Å². The van der Waals surface area contributed by atoms with Crippen LogP contribution in [-0.2, 0) is 4.74 Å². The van der Waals surface area contributed by atoms with E-state index in [0.29, 0.717) is 5.56 Å². The van der Waals surface area contributed by atoms with Crippen molar-refractivity contribution in [3.05, 3.63) is 29.6 Å². The number of pyridine rings is 1. The van der Waals surface area contributed by atoms with Gasteiger partial charge in [-0.3, -0.25) is 9.78 Å². The van der Waals surface area contributed by atoms with Gasteiger partial charge in [0.1, 0.15) is 6.10 Å². The second-order valence-corrected chi connectivity index (χ2v) is 5.10. The van der Waals surface area contributed by atoms with Crippen molar-refractivity contribution in [2.75, 3.05) is 7.11 Å². The number of rotatable bonds is 3. The van der Waals surface area contributed by atoms with Gasteiger partial charge in [-0.2, -0.15) is 0 Å². The van der Waals surface area contributed by atoms with Gasteiger partial charge in [-0.15, -0.1) is 0 Å². The Labute approximate surface area is 96.8 Å². The molecule has 1 aromatic heterocycles. The average molecular weight is 221 g/mol. The zero-order chi connectivity index (χ0) is 12.3. The molecular weight excluding hydrogens is 202 g/mol. The molecule has 0 radical (unpaired) electrons. The number of nitrogens with zero attached hydrogens (tertiary/aromatic N) is 1. The van der Waals surface area contributed by atoms with E-state index < -0.39 is 6.10 Å². The molecule has 1 heterocycles. The van der Waals surface area contributed by atoms with Crippen molar-refractivity contribution in [2.45, 2.75) is 33.8 Å². The molecule has 0 aliphatic rings. The summed E-state index contributed by atoms with van der Waals surface area (Å²) in [4.78, 5) is 16.2. The van der Waals surface area contributed by atoms with Crippen LogP contribution in [0.4, 0.5) is 0 Å². The van der Waals surface area contributed by atoms with Gasteiger partial charge in [0.2, 0.25) is 0 Å². The summed E-state index contributed by atoms with van der Waals surface area (Å²) in [5.74, 6) is -0.00815. The normalized spacial score (nSPS) is 13.6. The van der Waals surface area contributed by atoms with Crippen LogP contribution in [0.5, 0.6) is 0 Å². The minimum atomic E-state index is -0.434. The first-order chi connectivity index (χ1) is 7.36. The largest absolute Gasteiger partial charge is 0.373 e. The summed E-state index contributed by atoms with van der Waals surface area (Å²) in [6, 6.07) is 1.84. The molecule has 1 rings (SSSR count). The fourth-order valence-electron chi connectivity index (χ4n) is 1.69. The van der Waals surface area contributed by atoms with Gasteiger partial charge in [-0.1, -0.05) is 20.8 Å². The lowest BCUT2D eigenvalue weighted by Gasteiger charge is -2.27. The second-order valence-electron chi connectivity index (χ2n) is 5.10. The van der Waals surface area contributed by atoms with Crippen LogP contribution in [0.1, 0.15) is 36.7 Å². The summed E-state index contributed by atoms with van der Waals surface area (Å²) in [7, 11) is 1.57. The van der Waals surface area contributed by atoms with Gasteiger partial charge in [0.15, 0.2) is 5.78 Å². The summed E-state index contributed by atoms with van der Waals surface area (Å²) in [5, 5.41) is 0. The van der Waals surface area contributed by atoms with Crippen molar-refractivity contribution >= 4 is 5.78 Å². The minimum absolute atomic E-state index is 0.00815. The molecule has 0 fully saturated rings. The number of ether oxygens (including phenoxy) is 1. The van der Waals surface area contributed by atoms with Gasteiger partial charge in [0.25, 0.3) is 0 Å². The maximum atomic E-state index is 12.2. The van der Waals surface area contributed by atoms with E-state index in [4.69, 9.17) is 4.74 Å². The van der Waals surface area contributed by atoms with Crippen molar-refractivity contribution in [1.29, 1.82) is 0 Å². The average Bonchev–Trinajstić information content (AvgIpc) is 2.16. The molecule has 1 unspecified atom stereocenters. The first kappa shape index (κ1) is 12.8. The third kappa shape index (κ3) is 2.89. The number of hydrogen-bond acceptors (Lipinski definition) is 3. The topological polar surface area (TPSA) is 39.2 Å². The van der Waals surface area contributed by atoms with Crippen LogP contribution in [0, 0.1) is 12.3 Å². The number of aryl methyl sites for hydroxylation is 1. The van der Waals surface area contributed by atoms with Crippen LogP contribution >= 0.6 is 0 Å². The van der Waals surface area contributed by atoms with Crippen LogP contribution in [-0.4, -0.2) is 24.0 Å². The SMILES string of the molecule is COC(C(=O)c1cncc(C)c1)C(C)(C)C. The standard InChI is InChI=1S/C13H19NO2/c1-9-6-10(8-14-7-9)11(15)12(16-5)13(2,3)4/h6-8,12H,1-5H3. The highest BCUT2D eigenvalue weighted by atomic mass is 16.5. The van der Waals surface area contributed by atoms with E-state index in [-0.39, 0.29) is 11.2 Å². The monoisotopic (exact) mass is 221 g/mol. The van der Waals surface area contributed by atoms with Gasteiger partial charge in [-0.25, -0.2) is 0 Å². The predicted octanol–water partition coefficient (Wildman–Crippen LogP) is 2.63. The molecule has 0 aliphatic heterocycles. The number of ketones is 1. The van der Waals surface area contributed by atoms with Crippen LogP contribution < -0.4 is 0 Å². The second kappa shape index (κ2) is 4.74. The molecule has 3 nitrogen and oxygen atoms in total. The maximum Gasteiger partial charge on any atom is 0.193 e. The van der Waals surface area contributed by atoms with Gasteiger partial charge in [-0.05, 0) is 24.0 Å². The lowest BCUT2D eigenvalue weighted by atomic mass is 9.84. The van der Waals surface area contributed by atoms with E-state index in [9.17, 15) is 4.79 Å². The number of methoxy groups -OCH3 is 1. The Kier molecular flexibility index (Phi) is 3.81. The van der Waals surface area contributed by atoms with Crippen molar-refractivity contribution in [3.8, 4) is 0 Å². The molecule has 16 heavy (non-hydrogen) atoms. The van der Waals surface area contributed by atoms with Crippen molar-refractivity contribution in [2.24, 2.45) is 5.41 Å². The molecular formula is C13H19NO2. The van der Waals surface area contributed by atoms with E-state index in [0.717, 1.165) is 5.56 Å². The number of carbonyl (C=O) groups is 1. The van der Waals surface area contributed by atoms with Crippen LogP contribution in [0.3, 0.4) is 0 Å². The summed E-state index contributed by atoms with van der Waals surface area (Å²) < 4.78 is 5.29. The van der Waals surface area contributed by atoms with E-state index in [1.165, 1.54) is 0 Å². The first-order valence-corrected chi connectivity index (χ1v) is 5.35. The van der Waals surface area contributed by atoms with E-state index in [2.05, 4.69) is 4.98 Å². The van der Waals surface area contributed by atoms with E-state index in [1.807, 2.05) is 33.8 Å². The molecule has 3 heteroatoms. The third-order valence-electron chi connectivity index (χ3n) is 2.42. The van der Waals surface area contributed by atoms with Crippen LogP contribution in [0.15, 0.2) is 18.5 Å². The lowest BCUT2D eigenvalue weighted by Crippen LogP contribution is -2.36. The molecule has 0 aromatic carbocycles. The highest BCUT2D eigenvalue weighted by Gasteiger charge is 2.31. The van der Waals surface area contributed by atoms with Gasteiger partial charge in [0.05, 0.1) is 0 Å². The highest BCUT2D eigenvalue weighted by Crippen LogP contribution is 2.25. The van der Waals surface area contributed by atoms with E-state index >= 15 is 0 Å². The Hall–Kier alpha value is -1.22. The first-order valence-electron chi connectivity index (χ1n) is 5.35. The zero-order valence-corrected chi connectivity index (χ0v) is 10.6. The van der Waals surface area contributed by atoms with Crippen molar-refractivity contribution in [3.63, 3.8) is 0 Å². The zero-order valence-electron chi connectivity index (χ0n) is 10.6. The van der Waals surface area contributed by atoms with Crippen molar-refractivity contribution in [1.82, 2.24) is 4.98 Å². The third-order valence-corrected chi connectivity index (χ3v) is 2.42. The van der Waals surface area contributed by atoms with Crippen LogP contribution in [0.2, 0.25) is 0 Å². The fraction of sp³-hybridized carbons (Fsp3) is 0.538. The lowest BCUT2D eigenvalue weighted by molar-refractivity contribution is 0.0195. The van der Waals surface area contributed by atoms with Gasteiger partial charge in [0, 0.05) is 25.1 Å². The Morgan fingerprint density at radius 3 is 2.44 bits per heavy atom. The molecule has 0 bridgehead atoms. The number of Topliss-reactive ketones (excluding diaryl/α,β-unsaturated/α-hetero) is 1. The molecule has 0 spiro atoms. The number of aromatic nitrogens is 1. The molecule has 0 aliphatic carbocycles. The summed E-state index contributed by atoms with van der Waals surface area (Å²) >= 11 is 0. The summed E-state index contributed by atoms with van der Waals surface area (Å²) in [6.45, 7) is 7.88. The van der Waals surface area contributed by atoms with Crippen molar-refractivity contribution < 1.29 is 9.53 Å². The molecule has 88 valence electrons. The maximum absolute atomic E-state index is 12.2. The molecule has 0 saturated carbocycles. The summed E-state index contributed by atoms with van der Waals surface area (Å²) in [6.07, 6.45) is 2.89.